The molecule has 1 fully saturated rings. The molecule has 0 aromatic rings. The molecule has 37 heavy (non-hydrogen) atoms. The fraction of sp³-hybridized carbons (Fsp3) is 0.542. The molecule has 2 unspecified atom stereocenters. The maximum absolute atomic E-state index is 12.1. The molecular weight excluding hydrogens is 496 g/mol. The lowest BCUT2D eigenvalue weighted by molar-refractivity contribution is -0.339. The molecule has 3 rings (SSSR count). The maximum atomic E-state index is 12.1. The number of esters is 5. The molecule has 7 atom stereocenters. The van der Waals surface area contributed by atoms with Gasteiger partial charge in [0, 0.05) is 27.7 Å². The van der Waals surface area contributed by atoms with Crippen LogP contribution >= 0.6 is 0 Å². The summed E-state index contributed by atoms with van der Waals surface area (Å²) in [5.41, 5.74) is 0.741. The van der Waals surface area contributed by atoms with Gasteiger partial charge in [-0.1, -0.05) is 6.08 Å². The molecule has 3 aliphatic heterocycles. The van der Waals surface area contributed by atoms with E-state index in [0.29, 0.717) is 5.57 Å². The number of hydrogen-bond donors (Lipinski definition) is 0. The first kappa shape index (κ1) is 27.9. The molecule has 0 spiro atoms. The summed E-state index contributed by atoms with van der Waals surface area (Å²) in [5.74, 6) is -4.19. The van der Waals surface area contributed by atoms with Gasteiger partial charge in [-0.05, 0) is 11.6 Å². The lowest BCUT2D eigenvalue weighted by Gasteiger charge is -2.45. The molecule has 0 aromatic carbocycles. The second kappa shape index (κ2) is 12.0. The monoisotopic (exact) mass is 524 g/mol. The SMILES string of the molecule is C=CC1C2=CCOC(=O)C2=COC1O[C@@H]1O[C@H](COC(C)=O)[C@@H](OC(C)=O)[C@H](OC(C)=O)[C@H]1OC(C)=O. The van der Waals surface area contributed by atoms with Crippen LogP contribution in [-0.4, -0.2) is 80.1 Å². The Kier molecular flexibility index (Phi) is 9.05. The van der Waals surface area contributed by atoms with Crippen LogP contribution < -0.4 is 0 Å². The lowest BCUT2D eigenvalue weighted by Crippen LogP contribution is -2.63. The highest BCUT2D eigenvalue weighted by atomic mass is 16.8. The second-order valence-electron chi connectivity index (χ2n) is 8.26. The van der Waals surface area contributed by atoms with E-state index < -0.39 is 79.4 Å². The molecule has 0 radical (unpaired) electrons. The minimum Gasteiger partial charge on any atom is -0.471 e. The van der Waals surface area contributed by atoms with Gasteiger partial charge < -0.3 is 37.9 Å². The van der Waals surface area contributed by atoms with Crippen LogP contribution in [0, 0.1) is 5.92 Å². The predicted octanol–water partition coefficient (Wildman–Crippen LogP) is 0.612. The summed E-state index contributed by atoms with van der Waals surface area (Å²) >= 11 is 0. The summed E-state index contributed by atoms with van der Waals surface area (Å²) in [5, 5.41) is 0. The van der Waals surface area contributed by atoms with Crippen LogP contribution in [0.2, 0.25) is 0 Å². The van der Waals surface area contributed by atoms with Crippen molar-refractivity contribution in [2.75, 3.05) is 13.2 Å². The Hall–Kier alpha value is -3.71. The highest BCUT2D eigenvalue weighted by molar-refractivity contribution is 5.94. The summed E-state index contributed by atoms with van der Waals surface area (Å²) in [4.78, 5) is 59.4. The van der Waals surface area contributed by atoms with Gasteiger partial charge in [0.15, 0.2) is 18.3 Å². The standard InChI is InChI=1S/C24H28O13/c1-6-15-16-7-8-30-22(29)17(16)9-32-23(15)37-24-21(35-14(5)28)20(34-13(4)27)19(33-12(3)26)18(36-24)10-31-11(2)25/h6-7,9,15,18-21,23-24H,1,8,10H2,2-5H3/t15?,18-,19-,20+,21-,23?,24+/m1/s1. The van der Waals surface area contributed by atoms with Crippen molar-refractivity contribution < 1.29 is 61.9 Å². The highest BCUT2D eigenvalue weighted by Gasteiger charge is 2.54. The van der Waals surface area contributed by atoms with E-state index >= 15 is 0 Å². The van der Waals surface area contributed by atoms with E-state index in [4.69, 9.17) is 37.9 Å². The van der Waals surface area contributed by atoms with Gasteiger partial charge in [0.1, 0.15) is 25.6 Å². The normalized spacial score (nSPS) is 30.7. The Balaban J connectivity index is 1.97. The van der Waals surface area contributed by atoms with Crippen molar-refractivity contribution >= 4 is 29.8 Å². The Morgan fingerprint density at radius 2 is 1.57 bits per heavy atom. The van der Waals surface area contributed by atoms with Crippen LogP contribution in [0.25, 0.3) is 0 Å². The minimum absolute atomic E-state index is 0.0433. The van der Waals surface area contributed by atoms with E-state index in [2.05, 4.69) is 6.58 Å². The molecule has 0 bridgehead atoms. The average Bonchev–Trinajstić information content (AvgIpc) is 2.80. The van der Waals surface area contributed by atoms with Gasteiger partial charge in [0.2, 0.25) is 12.6 Å². The first-order valence-electron chi connectivity index (χ1n) is 11.3. The third-order valence-electron chi connectivity index (χ3n) is 5.49. The Morgan fingerprint density at radius 1 is 0.946 bits per heavy atom. The Bertz CT molecular complexity index is 1010. The van der Waals surface area contributed by atoms with Crippen molar-refractivity contribution in [1.29, 1.82) is 0 Å². The zero-order valence-electron chi connectivity index (χ0n) is 20.7. The quantitative estimate of drug-likeness (QED) is 0.247. The molecule has 0 aromatic heterocycles. The first-order chi connectivity index (χ1) is 17.5. The fourth-order valence-electron chi connectivity index (χ4n) is 4.10. The van der Waals surface area contributed by atoms with Gasteiger partial charge in [-0.25, -0.2) is 4.79 Å². The summed E-state index contributed by atoms with van der Waals surface area (Å²) in [6, 6.07) is 0. The second-order valence-corrected chi connectivity index (χ2v) is 8.26. The lowest BCUT2D eigenvalue weighted by atomic mass is 9.89. The van der Waals surface area contributed by atoms with Gasteiger partial charge >= 0.3 is 29.8 Å². The van der Waals surface area contributed by atoms with Crippen molar-refractivity contribution in [2.24, 2.45) is 5.92 Å². The molecule has 0 N–H and O–H groups in total. The van der Waals surface area contributed by atoms with Crippen molar-refractivity contribution in [1.82, 2.24) is 0 Å². The van der Waals surface area contributed by atoms with Crippen LogP contribution in [0.1, 0.15) is 27.7 Å². The molecule has 3 heterocycles. The smallest absolute Gasteiger partial charge is 0.341 e. The topological polar surface area (TPSA) is 159 Å². The van der Waals surface area contributed by atoms with Gasteiger partial charge in [0.25, 0.3) is 0 Å². The van der Waals surface area contributed by atoms with Crippen LogP contribution in [0.3, 0.4) is 0 Å². The summed E-state index contributed by atoms with van der Waals surface area (Å²) in [7, 11) is 0. The number of rotatable bonds is 8. The van der Waals surface area contributed by atoms with Crippen LogP contribution in [0.4, 0.5) is 0 Å². The van der Waals surface area contributed by atoms with Crippen molar-refractivity contribution in [3.8, 4) is 0 Å². The van der Waals surface area contributed by atoms with E-state index in [0.717, 1.165) is 20.8 Å². The van der Waals surface area contributed by atoms with Crippen LogP contribution in [0.15, 0.2) is 36.1 Å². The van der Waals surface area contributed by atoms with E-state index in [1.807, 2.05) is 0 Å². The highest BCUT2D eigenvalue weighted by Crippen LogP contribution is 2.37. The Labute approximate surface area is 212 Å². The minimum atomic E-state index is -1.46. The van der Waals surface area contributed by atoms with E-state index in [1.165, 1.54) is 19.3 Å². The number of fused-ring (bicyclic) bond motifs is 1. The molecule has 13 heteroatoms. The molecule has 0 aliphatic carbocycles. The summed E-state index contributed by atoms with van der Waals surface area (Å²) < 4.78 is 43.7. The van der Waals surface area contributed by atoms with Crippen molar-refractivity contribution in [3.63, 3.8) is 0 Å². The number of cyclic esters (lactones) is 1. The zero-order chi connectivity index (χ0) is 27.3. The molecule has 0 amide bonds. The molecule has 1 saturated heterocycles. The first-order valence-corrected chi connectivity index (χ1v) is 11.3. The van der Waals surface area contributed by atoms with Crippen molar-refractivity contribution in [3.05, 3.63) is 36.1 Å². The van der Waals surface area contributed by atoms with E-state index in [1.54, 1.807) is 6.08 Å². The molecule has 202 valence electrons. The van der Waals surface area contributed by atoms with Crippen molar-refractivity contribution in [2.45, 2.75) is 64.7 Å². The Morgan fingerprint density at radius 3 is 2.16 bits per heavy atom. The molecular formula is C24H28O13. The van der Waals surface area contributed by atoms with E-state index in [9.17, 15) is 24.0 Å². The maximum Gasteiger partial charge on any atom is 0.341 e. The molecule has 0 saturated carbocycles. The zero-order valence-corrected chi connectivity index (χ0v) is 20.7. The average molecular weight is 524 g/mol. The molecule has 3 aliphatic rings. The summed E-state index contributed by atoms with van der Waals surface area (Å²) in [6.45, 7) is 7.93. The fourth-order valence-corrected chi connectivity index (χ4v) is 4.10. The number of carbonyl (C=O) groups excluding carboxylic acids is 5. The van der Waals surface area contributed by atoms with E-state index in [-0.39, 0.29) is 12.2 Å². The third-order valence-corrected chi connectivity index (χ3v) is 5.49. The largest absolute Gasteiger partial charge is 0.471 e. The van der Waals surface area contributed by atoms with Gasteiger partial charge in [-0.15, -0.1) is 6.58 Å². The summed E-state index contributed by atoms with van der Waals surface area (Å²) in [6.07, 6.45) is -3.58. The van der Waals surface area contributed by atoms with Gasteiger partial charge in [-0.2, -0.15) is 0 Å². The van der Waals surface area contributed by atoms with Gasteiger partial charge in [0.05, 0.1) is 11.5 Å². The number of ether oxygens (including phenoxy) is 8. The molecule has 13 nitrogen and oxygen atoms in total. The van der Waals surface area contributed by atoms with Gasteiger partial charge in [-0.3, -0.25) is 19.2 Å². The number of carbonyl (C=O) groups is 5. The van der Waals surface area contributed by atoms with Crippen LogP contribution in [0.5, 0.6) is 0 Å². The van der Waals surface area contributed by atoms with Crippen LogP contribution in [-0.2, 0) is 61.9 Å². The predicted molar refractivity (Wildman–Crippen MR) is 119 cm³/mol. The third kappa shape index (κ3) is 6.74. The number of hydrogen-bond acceptors (Lipinski definition) is 13.